The molecule has 110 valence electrons. The summed E-state index contributed by atoms with van der Waals surface area (Å²) in [5.74, 6) is -0.442. The standard InChI is InChI=1S/C16H18N2O3/c1-3-18(11-9-14(19)21-2)16(20)13-8-4-6-12-7-5-10-17-15(12)13/h4-8,10H,3,9,11H2,1-2H3. The summed E-state index contributed by atoms with van der Waals surface area (Å²) in [6.07, 6.45) is 1.86. The topological polar surface area (TPSA) is 59.5 Å². The predicted molar refractivity (Wildman–Crippen MR) is 80.0 cm³/mol. The highest BCUT2D eigenvalue weighted by molar-refractivity contribution is 6.05. The summed E-state index contributed by atoms with van der Waals surface area (Å²) in [7, 11) is 1.34. The Hall–Kier alpha value is -2.43. The van der Waals surface area contributed by atoms with Gasteiger partial charge in [-0.3, -0.25) is 14.6 Å². The zero-order valence-electron chi connectivity index (χ0n) is 12.2. The molecular weight excluding hydrogens is 268 g/mol. The normalized spacial score (nSPS) is 10.4. The van der Waals surface area contributed by atoms with Crippen LogP contribution in [0.15, 0.2) is 36.5 Å². The molecule has 21 heavy (non-hydrogen) atoms. The Labute approximate surface area is 123 Å². The van der Waals surface area contributed by atoms with Crippen LogP contribution < -0.4 is 0 Å². The van der Waals surface area contributed by atoms with Gasteiger partial charge in [-0.2, -0.15) is 0 Å². The average Bonchev–Trinajstić information content (AvgIpc) is 2.54. The van der Waals surface area contributed by atoms with Crippen molar-refractivity contribution < 1.29 is 14.3 Å². The van der Waals surface area contributed by atoms with Crippen LogP contribution in [0.3, 0.4) is 0 Å². The van der Waals surface area contributed by atoms with Crippen LogP contribution in [0.2, 0.25) is 0 Å². The molecule has 0 aliphatic carbocycles. The van der Waals surface area contributed by atoms with Crippen LogP contribution in [0, 0.1) is 0 Å². The lowest BCUT2D eigenvalue weighted by Crippen LogP contribution is -2.33. The van der Waals surface area contributed by atoms with Gasteiger partial charge in [0.05, 0.1) is 24.6 Å². The fraction of sp³-hybridized carbons (Fsp3) is 0.312. The first-order valence-corrected chi connectivity index (χ1v) is 6.87. The highest BCUT2D eigenvalue weighted by Gasteiger charge is 2.18. The van der Waals surface area contributed by atoms with E-state index in [1.165, 1.54) is 7.11 Å². The van der Waals surface area contributed by atoms with Gasteiger partial charge in [0.25, 0.3) is 5.91 Å². The minimum absolute atomic E-state index is 0.120. The second-order valence-corrected chi connectivity index (χ2v) is 4.59. The Bertz CT molecular complexity index is 650. The minimum Gasteiger partial charge on any atom is -0.469 e. The van der Waals surface area contributed by atoms with E-state index in [0.29, 0.717) is 24.2 Å². The van der Waals surface area contributed by atoms with Crippen LogP contribution in [0.1, 0.15) is 23.7 Å². The Morgan fingerprint density at radius 2 is 2.00 bits per heavy atom. The summed E-state index contributed by atoms with van der Waals surface area (Å²) >= 11 is 0. The number of ether oxygens (including phenoxy) is 1. The lowest BCUT2D eigenvalue weighted by atomic mass is 10.1. The maximum atomic E-state index is 12.6. The maximum Gasteiger partial charge on any atom is 0.307 e. The molecule has 5 heteroatoms. The zero-order chi connectivity index (χ0) is 15.2. The van der Waals surface area contributed by atoms with Crippen LogP contribution >= 0.6 is 0 Å². The quantitative estimate of drug-likeness (QED) is 0.791. The molecule has 0 unspecified atom stereocenters. The van der Waals surface area contributed by atoms with E-state index in [2.05, 4.69) is 9.72 Å². The van der Waals surface area contributed by atoms with Gasteiger partial charge in [-0.05, 0) is 19.1 Å². The van der Waals surface area contributed by atoms with Gasteiger partial charge in [0.2, 0.25) is 0 Å². The summed E-state index contributed by atoms with van der Waals surface area (Å²) in [4.78, 5) is 29.8. The molecular formula is C16H18N2O3. The van der Waals surface area contributed by atoms with Crippen LogP contribution in [-0.2, 0) is 9.53 Å². The number of hydrogen-bond donors (Lipinski definition) is 0. The molecule has 1 aromatic heterocycles. The number of carbonyl (C=O) groups is 2. The molecule has 5 nitrogen and oxygen atoms in total. The predicted octanol–water partition coefficient (Wildman–Crippen LogP) is 2.26. The third-order valence-corrected chi connectivity index (χ3v) is 3.35. The van der Waals surface area contributed by atoms with E-state index in [0.717, 1.165) is 5.39 Å². The molecule has 0 fully saturated rings. The molecule has 1 heterocycles. The largest absolute Gasteiger partial charge is 0.469 e. The van der Waals surface area contributed by atoms with Gasteiger partial charge in [0.1, 0.15) is 0 Å². The summed E-state index contributed by atoms with van der Waals surface area (Å²) in [6.45, 7) is 2.75. The number of methoxy groups -OCH3 is 1. The average molecular weight is 286 g/mol. The lowest BCUT2D eigenvalue weighted by molar-refractivity contribution is -0.140. The van der Waals surface area contributed by atoms with Crippen molar-refractivity contribution in [3.8, 4) is 0 Å². The minimum atomic E-state index is -0.322. The number of nitrogens with zero attached hydrogens (tertiary/aromatic N) is 2. The lowest BCUT2D eigenvalue weighted by Gasteiger charge is -2.20. The van der Waals surface area contributed by atoms with Gasteiger partial charge >= 0.3 is 5.97 Å². The Morgan fingerprint density at radius 1 is 1.24 bits per heavy atom. The summed E-state index contributed by atoms with van der Waals surface area (Å²) < 4.78 is 4.61. The molecule has 0 atom stereocenters. The van der Waals surface area contributed by atoms with E-state index in [4.69, 9.17) is 0 Å². The van der Waals surface area contributed by atoms with Gasteiger partial charge < -0.3 is 9.64 Å². The van der Waals surface area contributed by atoms with Gasteiger partial charge in [0, 0.05) is 24.7 Å². The van der Waals surface area contributed by atoms with E-state index in [-0.39, 0.29) is 18.3 Å². The first-order valence-electron chi connectivity index (χ1n) is 6.87. The number of esters is 1. The second kappa shape index (κ2) is 6.83. The number of fused-ring (bicyclic) bond motifs is 1. The zero-order valence-corrected chi connectivity index (χ0v) is 12.2. The van der Waals surface area contributed by atoms with E-state index in [1.54, 1.807) is 17.2 Å². The van der Waals surface area contributed by atoms with Crippen LogP contribution in [-0.4, -0.2) is 42.0 Å². The fourth-order valence-electron chi connectivity index (χ4n) is 2.18. The molecule has 0 aliphatic rings. The van der Waals surface area contributed by atoms with Gasteiger partial charge in [-0.1, -0.05) is 18.2 Å². The van der Waals surface area contributed by atoms with Crippen LogP contribution in [0.4, 0.5) is 0 Å². The third kappa shape index (κ3) is 3.37. The van der Waals surface area contributed by atoms with Crippen molar-refractivity contribution in [1.29, 1.82) is 0 Å². The Kier molecular flexibility index (Phi) is 4.87. The third-order valence-electron chi connectivity index (χ3n) is 3.35. The molecule has 2 rings (SSSR count). The molecule has 0 N–H and O–H groups in total. The molecule has 0 saturated heterocycles. The molecule has 0 aliphatic heterocycles. The highest BCUT2D eigenvalue weighted by atomic mass is 16.5. The van der Waals surface area contributed by atoms with Gasteiger partial charge in [0.15, 0.2) is 0 Å². The molecule has 0 saturated carbocycles. The molecule has 2 aromatic rings. The number of para-hydroxylation sites is 1. The van der Waals surface area contributed by atoms with Crippen molar-refractivity contribution in [2.45, 2.75) is 13.3 Å². The van der Waals surface area contributed by atoms with Crippen molar-refractivity contribution in [1.82, 2.24) is 9.88 Å². The number of benzene rings is 1. The van der Waals surface area contributed by atoms with Crippen LogP contribution in [0.25, 0.3) is 10.9 Å². The second-order valence-electron chi connectivity index (χ2n) is 4.59. The number of pyridine rings is 1. The number of carbonyl (C=O) groups excluding carboxylic acids is 2. The number of rotatable bonds is 5. The summed E-state index contributed by atoms with van der Waals surface area (Å²) in [5, 5.41) is 0.923. The van der Waals surface area contributed by atoms with Crippen molar-refractivity contribution >= 4 is 22.8 Å². The van der Waals surface area contributed by atoms with Gasteiger partial charge in [-0.25, -0.2) is 0 Å². The highest BCUT2D eigenvalue weighted by Crippen LogP contribution is 2.17. The number of aromatic nitrogens is 1. The van der Waals surface area contributed by atoms with E-state index < -0.39 is 0 Å². The smallest absolute Gasteiger partial charge is 0.307 e. The van der Waals surface area contributed by atoms with E-state index in [1.807, 2.05) is 31.2 Å². The molecule has 0 bridgehead atoms. The van der Waals surface area contributed by atoms with Crippen molar-refractivity contribution in [3.63, 3.8) is 0 Å². The fourth-order valence-corrected chi connectivity index (χ4v) is 2.18. The number of amides is 1. The summed E-state index contributed by atoms with van der Waals surface area (Å²) in [5.41, 5.74) is 1.24. The van der Waals surface area contributed by atoms with Crippen molar-refractivity contribution in [2.75, 3.05) is 20.2 Å². The van der Waals surface area contributed by atoms with Gasteiger partial charge in [-0.15, -0.1) is 0 Å². The maximum absolute atomic E-state index is 12.6. The first-order chi connectivity index (χ1) is 10.2. The summed E-state index contributed by atoms with van der Waals surface area (Å²) in [6, 6.07) is 9.28. The molecule has 1 aromatic carbocycles. The van der Waals surface area contributed by atoms with E-state index >= 15 is 0 Å². The molecule has 0 spiro atoms. The molecule has 1 amide bonds. The first kappa shape index (κ1) is 15.0. The van der Waals surface area contributed by atoms with E-state index in [9.17, 15) is 9.59 Å². The molecule has 0 radical (unpaired) electrons. The van der Waals surface area contributed by atoms with Crippen molar-refractivity contribution in [3.05, 3.63) is 42.1 Å². The Morgan fingerprint density at radius 3 is 2.71 bits per heavy atom. The number of hydrogen-bond acceptors (Lipinski definition) is 4. The SMILES string of the molecule is CCN(CCC(=O)OC)C(=O)c1cccc2cccnc12. The van der Waals surface area contributed by atoms with Crippen molar-refractivity contribution in [2.24, 2.45) is 0 Å². The Balaban J connectivity index is 2.25. The monoisotopic (exact) mass is 286 g/mol. The van der Waals surface area contributed by atoms with Crippen LogP contribution in [0.5, 0.6) is 0 Å².